The molecule has 0 aliphatic rings. The number of carbonyl (C=O) groups excluding carboxylic acids is 1. The predicted octanol–water partition coefficient (Wildman–Crippen LogP) is 2.81. The summed E-state index contributed by atoms with van der Waals surface area (Å²) in [6, 6.07) is 12.7. The van der Waals surface area contributed by atoms with E-state index in [1.807, 2.05) is 0 Å². The molecule has 20 heavy (non-hydrogen) atoms. The fourth-order valence-corrected chi connectivity index (χ4v) is 1.64. The smallest absolute Gasteiger partial charge is 0.265 e. The first-order valence-corrected chi connectivity index (χ1v) is 6.14. The van der Waals surface area contributed by atoms with Crippen molar-refractivity contribution in [1.82, 2.24) is 0 Å². The molecule has 0 aliphatic carbocycles. The Morgan fingerprint density at radius 3 is 2.70 bits per heavy atom. The molecular formula is C15H15FN2O2. The fourth-order valence-electron chi connectivity index (χ4n) is 1.64. The van der Waals surface area contributed by atoms with Crippen LogP contribution in [-0.2, 0) is 4.79 Å². The van der Waals surface area contributed by atoms with Gasteiger partial charge in [0.15, 0.2) is 6.10 Å². The molecule has 2 aromatic carbocycles. The second-order valence-electron chi connectivity index (χ2n) is 4.30. The molecular weight excluding hydrogens is 259 g/mol. The minimum absolute atomic E-state index is 0.125. The van der Waals surface area contributed by atoms with Gasteiger partial charge in [-0.25, -0.2) is 4.39 Å². The van der Waals surface area contributed by atoms with Crippen LogP contribution in [0.3, 0.4) is 0 Å². The number of amides is 1. The van der Waals surface area contributed by atoms with Gasteiger partial charge in [0, 0.05) is 11.8 Å². The Labute approximate surface area is 116 Å². The van der Waals surface area contributed by atoms with Crippen molar-refractivity contribution in [2.75, 3.05) is 11.1 Å². The number of hydrogen-bond donors (Lipinski definition) is 2. The van der Waals surface area contributed by atoms with Crippen LogP contribution in [0.1, 0.15) is 6.92 Å². The van der Waals surface area contributed by atoms with E-state index in [2.05, 4.69) is 5.32 Å². The molecule has 2 aromatic rings. The summed E-state index contributed by atoms with van der Waals surface area (Å²) < 4.78 is 18.9. The third kappa shape index (κ3) is 3.47. The van der Waals surface area contributed by atoms with Gasteiger partial charge in [0.1, 0.15) is 11.6 Å². The number of rotatable bonds is 4. The summed E-state index contributed by atoms with van der Waals surface area (Å²) >= 11 is 0. The van der Waals surface area contributed by atoms with E-state index >= 15 is 0 Å². The van der Waals surface area contributed by atoms with Gasteiger partial charge in [0.25, 0.3) is 5.91 Å². The Morgan fingerprint density at radius 2 is 2.00 bits per heavy atom. The lowest BCUT2D eigenvalue weighted by Gasteiger charge is -2.15. The van der Waals surface area contributed by atoms with E-state index in [1.54, 1.807) is 43.3 Å². The first-order valence-electron chi connectivity index (χ1n) is 6.14. The molecule has 0 bridgehead atoms. The molecule has 1 atom stereocenters. The summed E-state index contributed by atoms with van der Waals surface area (Å²) in [4.78, 5) is 11.9. The van der Waals surface area contributed by atoms with Crippen LogP contribution in [-0.4, -0.2) is 12.0 Å². The van der Waals surface area contributed by atoms with Crippen molar-refractivity contribution in [2.24, 2.45) is 0 Å². The highest BCUT2D eigenvalue weighted by Gasteiger charge is 2.16. The molecule has 5 heteroatoms. The second-order valence-corrected chi connectivity index (χ2v) is 4.30. The third-order valence-electron chi connectivity index (χ3n) is 2.67. The van der Waals surface area contributed by atoms with Gasteiger partial charge in [-0.15, -0.1) is 0 Å². The van der Waals surface area contributed by atoms with Crippen LogP contribution in [0.4, 0.5) is 15.8 Å². The van der Waals surface area contributed by atoms with E-state index in [0.29, 0.717) is 11.4 Å². The molecule has 0 aromatic heterocycles. The number of ether oxygens (including phenoxy) is 1. The number of halogens is 1. The highest BCUT2D eigenvalue weighted by Crippen LogP contribution is 2.17. The molecule has 2 rings (SSSR count). The minimum atomic E-state index is -0.767. The molecule has 0 aliphatic heterocycles. The molecule has 0 spiro atoms. The molecule has 1 unspecified atom stereocenters. The highest BCUT2D eigenvalue weighted by atomic mass is 19.1. The van der Waals surface area contributed by atoms with Crippen molar-refractivity contribution < 1.29 is 13.9 Å². The maximum Gasteiger partial charge on any atom is 0.265 e. The third-order valence-corrected chi connectivity index (χ3v) is 2.67. The summed E-state index contributed by atoms with van der Waals surface area (Å²) in [5, 5.41) is 2.47. The Morgan fingerprint density at radius 1 is 1.25 bits per heavy atom. The molecule has 3 N–H and O–H groups in total. The summed E-state index contributed by atoms with van der Waals surface area (Å²) in [6.45, 7) is 1.58. The highest BCUT2D eigenvalue weighted by molar-refractivity contribution is 5.94. The lowest BCUT2D eigenvalue weighted by molar-refractivity contribution is -0.122. The van der Waals surface area contributed by atoms with Crippen LogP contribution in [0.25, 0.3) is 0 Å². The molecule has 4 nitrogen and oxygen atoms in total. The Bertz CT molecular complexity index is 616. The standard InChI is InChI=1S/C15H15FN2O2/c1-10(20-12-6-4-5-11(17)9-12)15(19)18-14-8-3-2-7-13(14)16/h2-10H,17H2,1H3,(H,18,19). The van der Waals surface area contributed by atoms with E-state index in [-0.39, 0.29) is 5.69 Å². The van der Waals surface area contributed by atoms with Crippen molar-refractivity contribution in [3.8, 4) is 5.75 Å². The van der Waals surface area contributed by atoms with Gasteiger partial charge in [0.2, 0.25) is 0 Å². The van der Waals surface area contributed by atoms with E-state index in [1.165, 1.54) is 12.1 Å². The van der Waals surface area contributed by atoms with E-state index in [4.69, 9.17) is 10.5 Å². The number of nitrogens with one attached hydrogen (secondary N) is 1. The zero-order valence-corrected chi connectivity index (χ0v) is 11.0. The maximum absolute atomic E-state index is 13.4. The van der Waals surface area contributed by atoms with Crippen molar-refractivity contribution in [1.29, 1.82) is 0 Å². The van der Waals surface area contributed by atoms with Gasteiger partial charge in [-0.3, -0.25) is 4.79 Å². The number of hydrogen-bond acceptors (Lipinski definition) is 3. The van der Waals surface area contributed by atoms with Gasteiger partial charge in [-0.2, -0.15) is 0 Å². The maximum atomic E-state index is 13.4. The SMILES string of the molecule is CC(Oc1cccc(N)c1)C(=O)Nc1ccccc1F. The molecule has 0 heterocycles. The number of para-hydroxylation sites is 1. The van der Waals surface area contributed by atoms with Crippen LogP contribution in [0.5, 0.6) is 5.75 Å². The summed E-state index contributed by atoms with van der Waals surface area (Å²) in [5.74, 6) is -0.435. The van der Waals surface area contributed by atoms with Crippen LogP contribution in [0.2, 0.25) is 0 Å². The summed E-state index contributed by atoms with van der Waals surface area (Å²) in [5.41, 5.74) is 6.29. The molecule has 0 saturated heterocycles. The largest absolute Gasteiger partial charge is 0.481 e. The quantitative estimate of drug-likeness (QED) is 0.843. The van der Waals surface area contributed by atoms with Gasteiger partial charge < -0.3 is 15.8 Å². The Hall–Kier alpha value is -2.56. The monoisotopic (exact) mass is 274 g/mol. The van der Waals surface area contributed by atoms with Crippen molar-refractivity contribution >= 4 is 17.3 Å². The van der Waals surface area contributed by atoms with Crippen LogP contribution < -0.4 is 15.8 Å². The van der Waals surface area contributed by atoms with Crippen LogP contribution in [0.15, 0.2) is 48.5 Å². The van der Waals surface area contributed by atoms with Crippen molar-refractivity contribution in [3.63, 3.8) is 0 Å². The molecule has 0 saturated carbocycles. The summed E-state index contributed by atoms with van der Waals surface area (Å²) in [7, 11) is 0. The lowest BCUT2D eigenvalue weighted by atomic mass is 10.2. The molecule has 1 amide bonds. The molecule has 104 valence electrons. The van der Waals surface area contributed by atoms with Gasteiger partial charge in [-0.1, -0.05) is 18.2 Å². The fraction of sp³-hybridized carbons (Fsp3) is 0.133. The Balaban J connectivity index is 2.01. The second kappa shape index (κ2) is 6.06. The van der Waals surface area contributed by atoms with Crippen LogP contribution >= 0.6 is 0 Å². The topological polar surface area (TPSA) is 64.3 Å². The molecule has 0 radical (unpaired) electrons. The van der Waals surface area contributed by atoms with Crippen molar-refractivity contribution in [2.45, 2.75) is 13.0 Å². The van der Waals surface area contributed by atoms with Crippen LogP contribution in [0, 0.1) is 5.82 Å². The number of benzene rings is 2. The normalized spacial score (nSPS) is 11.7. The van der Waals surface area contributed by atoms with E-state index in [9.17, 15) is 9.18 Å². The average Bonchev–Trinajstić information content (AvgIpc) is 2.41. The van der Waals surface area contributed by atoms with E-state index in [0.717, 1.165) is 0 Å². The molecule has 0 fully saturated rings. The lowest BCUT2D eigenvalue weighted by Crippen LogP contribution is -2.30. The number of nitrogens with two attached hydrogens (primary N) is 1. The average molecular weight is 274 g/mol. The number of nitrogen functional groups attached to an aromatic ring is 1. The number of anilines is 2. The zero-order valence-electron chi connectivity index (χ0n) is 11.0. The Kier molecular flexibility index (Phi) is 4.20. The van der Waals surface area contributed by atoms with Gasteiger partial charge in [-0.05, 0) is 31.2 Å². The first kappa shape index (κ1) is 13.9. The van der Waals surface area contributed by atoms with Gasteiger partial charge >= 0.3 is 0 Å². The van der Waals surface area contributed by atoms with Crippen molar-refractivity contribution in [3.05, 3.63) is 54.3 Å². The van der Waals surface area contributed by atoms with E-state index < -0.39 is 17.8 Å². The zero-order chi connectivity index (χ0) is 14.5. The summed E-state index contributed by atoms with van der Waals surface area (Å²) in [6.07, 6.45) is -0.767. The predicted molar refractivity (Wildman–Crippen MR) is 76.0 cm³/mol. The van der Waals surface area contributed by atoms with Gasteiger partial charge in [0.05, 0.1) is 5.69 Å². The minimum Gasteiger partial charge on any atom is -0.481 e. The number of carbonyl (C=O) groups is 1. The first-order chi connectivity index (χ1) is 9.56.